The van der Waals surface area contributed by atoms with Gasteiger partial charge in [0.15, 0.2) is 22.5 Å². The van der Waals surface area contributed by atoms with E-state index < -0.39 is 5.91 Å². The summed E-state index contributed by atoms with van der Waals surface area (Å²) < 4.78 is 20.7. The third-order valence-electron chi connectivity index (χ3n) is 2.72. The fourth-order valence-electron chi connectivity index (χ4n) is 1.78. The summed E-state index contributed by atoms with van der Waals surface area (Å²) in [7, 11) is 4.49. The molecule has 1 aromatic heterocycles. The zero-order chi connectivity index (χ0) is 15.4. The first-order chi connectivity index (χ1) is 10.1. The molecule has 2 rings (SSSR count). The van der Waals surface area contributed by atoms with Crippen LogP contribution < -0.4 is 19.5 Å². The third-order valence-corrected chi connectivity index (χ3v) is 2.92. The molecule has 0 radical (unpaired) electrons. The van der Waals surface area contributed by atoms with Gasteiger partial charge in [-0.25, -0.2) is 0 Å². The molecule has 2 aromatic rings. The summed E-state index contributed by atoms with van der Waals surface area (Å²) in [6.07, 6.45) is 0. The van der Waals surface area contributed by atoms with Crippen molar-refractivity contribution in [1.29, 1.82) is 0 Å². The first-order valence-corrected chi connectivity index (χ1v) is 6.33. The van der Waals surface area contributed by atoms with Crippen LogP contribution in [0.15, 0.2) is 28.7 Å². The molecule has 21 heavy (non-hydrogen) atoms. The number of hydrogen-bond donors (Lipinski definition) is 1. The number of carbonyl (C=O) groups excluding carboxylic acids is 1. The highest BCUT2D eigenvalue weighted by Crippen LogP contribution is 2.40. The molecule has 0 saturated carbocycles. The molecule has 6 nitrogen and oxygen atoms in total. The summed E-state index contributed by atoms with van der Waals surface area (Å²) in [6.45, 7) is 0. The van der Waals surface area contributed by atoms with Gasteiger partial charge in [-0.2, -0.15) is 0 Å². The van der Waals surface area contributed by atoms with E-state index in [-0.39, 0.29) is 11.0 Å². The van der Waals surface area contributed by atoms with Crippen molar-refractivity contribution in [1.82, 2.24) is 0 Å². The lowest BCUT2D eigenvalue weighted by molar-refractivity contribution is 0.0996. The summed E-state index contributed by atoms with van der Waals surface area (Å²) in [5.41, 5.74) is 0.474. The van der Waals surface area contributed by atoms with E-state index in [0.29, 0.717) is 22.9 Å². The Kier molecular flexibility index (Phi) is 4.59. The van der Waals surface area contributed by atoms with Crippen LogP contribution in [0.25, 0.3) is 0 Å². The van der Waals surface area contributed by atoms with E-state index in [4.69, 9.17) is 30.2 Å². The van der Waals surface area contributed by atoms with Crippen LogP contribution in [-0.4, -0.2) is 27.2 Å². The molecule has 0 fully saturated rings. The Balaban J connectivity index is 2.29. The van der Waals surface area contributed by atoms with E-state index in [1.165, 1.54) is 33.5 Å². The molecule has 0 saturated heterocycles. The topological polar surface area (TPSA) is 69.9 Å². The van der Waals surface area contributed by atoms with Gasteiger partial charge in [-0.3, -0.25) is 4.79 Å². The van der Waals surface area contributed by atoms with Gasteiger partial charge < -0.3 is 23.9 Å². The highest BCUT2D eigenvalue weighted by Gasteiger charge is 2.16. The standard InChI is InChI=1S/C14H14ClNO5/c1-18-10-6-8(7-11(19-2)13(10)20-3)16-14(17)9-4-5-12(15)21-9/h4-7H,1-3H3,(H,16,17). The van der Waals surface area contributed by atoms with E-state index in [0.717, 1.165) is 0 Å². The van der Waals surface area contributed by atoms with Crippen LogP contribution in [0, 0.1) is 0 Å². The van der Waals surface area contributed by atoms with Gasteiger partial charge in [0, 0.05) is 17.8 Å². The summed E-state index contributed by atoms with van der Waals surface area (Å²) in [5, 5.41) is 2.81. The van der Waals surface area contributed by atoms with Crippen LogP contribution in [0.5, 0.6) is 17.2 Å². The van der Waals surface area contributed by atoms with Crippen LogP contribution in [-0.2, 0) is 0 Å². The number of anilines is 1. The maximum absolute atomic E-state index is 12.0. The van der Waals surface area contributed by atoms with Gasteiger partial charge in [0.05, 0.1) is 21.3 Å². The minimum atomic E-state index is -0.434. The molecule has 1 N–H and O–H groups in total. The first-order valence-electron chi connectivity index (χ1n) is 5.95. The van der Waals surface area contributed by atoms with Crippen molar-refractivity contribution < 1.29 is 23.4 Å². The number of halogens is 1. The van der Waals surface area contributed by atoms with Crippen molar-refractivity contribution >= 4 is 23.2 Å². The predicted molar refractivity (Wildman–Crippen MR) is 77.8 cm³/mol. The largest absolute Gasteiger partial charge is 0.493 e. The van der Waals surface area contributed by atoms with Crippen molar-refractivity contribution in [3.63, 3.8) is 0 Å². The quantitative estimate of drug-likeness (QED) is 0.918. The Hall–Kier alpha value is -2.34. The minimum absolute atomic E-state index is 0.105. The number of methoxy groups -OCH3 is 3. The van der Waals surface area contributed by atoms with Gasteiger partial charge in [0.25, 0.3) is 5.91 Å². The Morgan fingerprint density at radius 2 is 1.71 bits per heavy atom. The number of furan rings is 1. The second-order valence-corrected chi connectivity index (χ2v) is 4.34. The SMILES string of the molecule is COc1cc(NC(=O)c2ccc(Cl)o2)cc(OC)c1OC. The van der Waals surface area contributed by atoms with E-state index in [2.05, 4.69) is 5.32 Å². The van der Waals surface area contributed by atoms with Crippen molar-refractivity contribution in [2.75, 3.05) is 26.6 Å². The van der Waals surface area contributed by atoms with Crippen LogP contribution >= 0.6 is 11.6 Å². The molecule has 1 heterocycles. The second-order valence-electron chi connectivity index (χ2n) is 3.97. The molecule has 0 aliphatic carbocycles. The lowest BCUT2D eigenvalue weighted by Gasteiger charge is -2.14. The maximum atomic E-state index is 12.0. The van der Waals surface area contributed by atoms with Gasteiger partial charge >= 0.3 is 0 Å². The fourth-order valence-corrected chi connectivity index (χ4v) is 1.93. The molecule has 7 heteroatoms. The molecule has 0 atom stereocenters. The molecule has 1 amide bonds. The number of carbonyl (C=O) groups is 1. The fraction of sp³-hybridized carbons (Fsp3) is 0.214. The van der Waals surface area contributed by atoms with Crippen LogP contribution in [0.4, 0.5) is 5.69 Å². The normalized spacial score (nSPS) is 10.1. The van der Waals surface area contributed by atoms with Gasteiger partial charge in [-0.15, -0.1) is 0 Å². The average Bonchev–Trinajstić information content (AvgIpc) is 2.92. The molecular weight excluding hydrogens is 298 g/mol. The van der Waals surface area contributed by atoms with Gasteiger partial charge in [-0.05, 0) is 23.7 Å². The first kappa shape index (κ1) is 15.1. The molecule has 1 aromatic carbocycles. The zero-order valence-electron chi connectivity index (χ0n) is 11.7. The lowest BCUT2D eigenvalue weighted by atomic mass is 10.2. The number of rotatable bonds is 5. The summed E-state index contributed by atoms with van der Waals surface area (Å²) in [5.74, 6) is 0.984. The van der Waals surface area contributed by atoms with E-state index in [1.807, 2.05) is 0 Å². The maximum Gasteiger partial charge on any atom is 0.291 e. The van der Waals surface area contributed by atoms with Gasteiger partial charge in [0.2, 0.25) is 5.75 Å². The van der Waals surface area contributed by atoms with Gasteiger partial charge in [-0.1, -0.05) is 0 Å². The molecule has 0 unspecified atom stereocenters. The molecule has 0 aliphatic heterocycles. The molecule has 112 valence electrons. The number of benzene rings is 1. The zero-order valence-corrected chi connectivity index (χ0v) is 12.5. The number of ether oxygens (including phenoxy) is 3. The summed E-state index contributed by atoms with van der Waals surface area (Å²) in [6, 6.07) is 6.20. The molecular formula is C14H14ClNO5. The van der Waals surface area contributed by atoms with E-state index in [1.54, 1.807) is 12.1 Å². The lowest BCUT2D eigenvalue weighted by Crippen LogP contribution is -2.11. The smallest absolute Gasteiger partial charge is 0.291 e. The molecule has 0 aliphatic rings. The Morgan fingerprint density at radius 3 is 2.14 bits per heavy atom. The summed E-state index contributed by atoms with van der Waals surface area (Å²) in [4.78, 5) is 12.0. The van der Waals surface area contributed by atoms with Crippen molar-refractivity contribution in [3.8, 4) is 17.2 Å². The van der Waals surface area contributed by atoms with Crippen LogP contribution in [0.2, 0.25) is 5.22 Å². The monoisotopic (exact) mass is 311 g/mol. The molecule has 0 spiro atoms. The van der Waals surface area contributed by atoms with Gasteiger partial charge in [0.1, 0.15) is 0 Å². The Bertz CT molecular complexity index is 628. The number of amides is 1. The average molecular weight is 312 g/mol. The minimum Gasteiger partial charge on any atom is -0.493 e. The van der Waals surface area contributed by atoms with Crippen molar-refractivity contribution in [2.24, 2.45) is 0 Å². The highest BCUT2D eigenvalue weighted by atomic mass is 35.5. The van der Waals surface area contributed by atoms with Crippen molar-refractivity contribution in [2.45, 2.75) is 0 Å². The predicted octanol–water partition coefficient (Wildman–Crippen LogP) is 3.21. The summed E-state index contributed by atoms with van der Waals surface area (Å²) >= 11 is 5.64. The number of hydrogen-bond acceptors (Lipinski definition) is 5. The third kappa shape index (κ3) is 3.22. The molecule has 0 bridgehead atoms. The highest BCUT2D eigenvalue weighted by molar-refractivity contribution is 6.29. The van der Waals surface area contributed by atoms with E-state index >= 15 is 0 Å². The Labute approximate surface area is 126 Å². The Morgan fingerprint density at radius 1 is 1.10 bits per heavy atom. The number of nitrogens with one attached hydrogen (secondary N) is 1. The van der Waals surface area contributed by atoms with Crippen LogP contribution in [0.1, 0.15) is 10.6 Å². The van der Waals surface area contributed by atoms with E-state index in [9.17, 15) is 4.79 Å². The second kappa shape index (κ2) is 6.41. The van der Waals surface area contributed by atoms with Crippen molar-refractivity contribution in [3.05, 3.63) is 35.2 Å². The van der Waals surface area contributed by atoms with Crippen LogP contribution in [0.3, 0.4) is 0 Å².